The van der Waals surface area contributed by atoms with Crippen LogP contribution in [0, 0.1) is 0 Å². The van der Waals surface area contributed by atoms with E-state index in [0.717, 1.165) is 26.3 Å². The first-order valence-electron chi connectivity index (χ1n) is 8.66. The van der Waals surface area contributed by atoms with Crippen LogP contribution in [-0.2, 0) is 4.74 Å². The number of unbranched alkanes of at least 4 members (excludes halogenated alkanes) is 1. The maximum Gasteiger partial charge on any atom is 0.389 e. The number of nitrogens with one attached hydrogen (secondary N) is 2. The number of nitrogens with zero attached hydrogens (tertiary/aromatic N) is 2. The third-order valence-corrected chi connectivity index (χ3v) is 4.01. The van der Waals surface area contributed by atoms with E-state index in [1.54, 1.807) is 0 Å². The Bertz CT molecular complexity index is 380. The van der Waals surface area contributed by atoms with Gasteiger partial charge in [0.05, 0.1) is 19.8 Å². The van der Waals surface area contributed by atoms with Crippen molar-refractivity contribution in [3.63, 3.8) is 0 Å². The summed E-state index contributed by atoms with van der Waals surface area (Å²) in [6.07, 6.45) is -4.20. The molecule has 0 aromatic carbocycles. The maximum atomic E-state index is 12.1. The van der Waals surface area contributed by atoms with Gasteiger partial charge in [0.1, 0.15) is 0 Å². The number of aliphatic imine (C=N–C) groups is 1. The van der Waals surface area contributed by atoms with Gasteiger partial charge in [-0.15, -0.1) is 0 Å². The minimum atomic E-state index is -4.07. The van der Waals surface area contributed by atoms with E-state index >= 15 is 0 Å². The van der Waals surface area contributed by atoms with Crippen LogP contribution in [-0.4, -0.2) is 68.5 Å². The Balaban J connectivity index is 2.40. The van der Waals surface area contributed by atoms with Crippen molar-refractivity contribution in [2.24, 2.45) is 4.99 Å². The zero-order chi connectivity index (χ0) is 18.1. The molecule has 0 aromatic heterocycles. The van der Waals surface area contributed by atoms with Crippen molar-refractivity contribution in [1.82, 2.24) is 15.5 Å². The highest BCUT2D eigenvalue weighted by Gasteiger charge is 2.28. The van der Waals surface area contributed by atoms with Gasteiger partial charge < -0.3 is 15.4 Å². The monoisotopic (exact) mass is 352 g/mol. The fourth-order valence-electron chi connectivity index (χ4n) is 2.54. The smallest absolute Gasteiger partial charge is 0.379 e. The van der Waals surface area contributed by atoms with Crippen molar-refractivity contribution in [1.29, 1.82) is 0 Å². The van der Waals surface area contributed by atoms with Gasteiger partial charge in [-0.1, -0.05) is 0 Å². The molecule has 0 atom stereocenters. The normalized spacial score (nSPS) is 17.8. The molecule has 1 aliphatic heterocycles. The molecule has 142 valence electrons. The van der Waals surface area contributed by atoms with E-state index in [4.69, 9.17) is 4.74 Å². The summed E-state index contributed by atoms with van der Waals surface area (Å²) in [7, 11) is 0. The number of rotatable bonds is 8. The van der Waals surface area contributed by atoms with Crippen LogP contribution in [0.2, 0.25) is 0 Å². The van der Waals surface area contributed by atoms with Crippen molar-refractivity contribution in [2.75, 3.05) is 45.9 Å². The van der Waals surface area contributed by atoms with E-state index in [1.807, 2.05) is 6.92 Å². The van der Waals surface area contributed by atoms with E-state index in [0.29, 0.717) is 32.0 Å². The van der Waals surface area contributed by atoms with Gasteiger partial charge in [0.2, 0.25) is 0 Å². The van der Waals surface area contributed by atoms with Gasteiger partial charge in [-0.25, -0.2) is 0 Å². The molecule has 0 radical (unpaired) electrons. The molecule has 1 heterocycles. The summed E-state index contributed by atoms with van der Waals surface area (Å²) in [6, 6.07) is 0. The first-order chi connectivity index (χ1) is 11.2. The van der Waals surface area contributed by atoms with Crippen LogP contribution in [0.4, 0.5) is 13.2 Å². The Labute approximate surface area is 143 Å². The second kappa shape index (κ2) is 10.1. The summed E-state index contributed by atoms with van der Waals surface area (Å²) < 4.78 is 41.7. The van der Waals surface area contributed by atoms with E-state index in [1.165, 1.54) is 0 Å². The Morgan fingerprint density at radius 2 is 1.79 bits per heavy atom. The third kappa shape index (κ3) is 8.73. The lowest BCUT2D eigenvalue weighted by Gasteiger charge is -2.39. The molecule has 0 amide bonds. The van der Waals surface area contributed by atoms with Crippen LogP contribution in [0.25, 0.3) is 0 Å². The SMILES string of the molecule is CCNC(=NCC(C)(C)N1CCOCC1)NCCCCC(F)(F)F. The predicted molar refractivity (Wildman–Crippen MR) is 90.4 cm³/mol. The molecule has 0 spiro atoms. The average Bonchev–Trinajstić information content (AvgIpc) is 2.52. The molecule has 1 aliphatic rings. The molecule has 2 N–H and O–H groups in total. The number of hydrogen-bond donors (Lipinski definition) is 2. The lowest BCUT2D eigenvalue weighted by atomic mass is 10.0. The number of morpholine rings is 1. The maximum absolute atomic E-state index is 12.1. The molecular weight excluding hydrogens is 321 g/mol. The van der Waals surface area contributed by atoms with Crippen molar-refractivity contribution in [2.45, 2.75) is 51.7 Å². The molecule has 5 nitrogen and oxygen atoms in total. The number of halogens is 3. The molecule has 0 aromatic rings. The Morgan fingerprint density at radius 3 is 2.38 bits per heavy atom. The van der Waals surface area contributed by atoms with Crippen molar-refractivity contribution in [3.8, 4) is 0 Å². The topological polar surface area (TPSA) is 48.9 Å². The van der Waals surface area contributed by atoms with Crippen LogP contribution < -0.4 is 10.6 Å². The molecule has 1 saturated heterocycles. The number of guanidine groups is 1. The molecule has 0 saturated carbocycles. The number of hydrogen-bond acceptors (Lipinski definition) is 3. The highest BCUT2D eigenvalue weighted by atomic mass is 19.4. The summed E-state index contributed by atoms with van der Waals surface area (Å²) in [4.78, 5) is 6.95. The van der Waals surface area contributed by atoms with E-state index in [2.05, 4.69) is 34.4 Å². The minimum absolute atomic E-state index is 0.0809. The molecule has 1 fully saturated rings. The second-order valence-corrected chi connectivity index (χ2v) is 6.61. The van der Waals surface area contributed by atoms with Gasteiger partial charge in [0, 0.05) is 38.1 Å². The lowest BCUT2D eigenvalue weighted by Crippen LogP contribution is -2.52. The quantitative estimate of drug-likeness (QED) is 0.400. The molecular formula is C16H31F3N4O. The second-order valence-electron chi connectivity index (χ2n) is 6.61. The van der Waals surface area contributed by atoms with Crippen LogP contribution in [0.5, 0.6) is 0 Å². The fourth-order valence-corrected chi connectivity index (χ4v) is 2.54. The summed E-state index contributed by atoms with van der Waals surface area (Å²) in [5.74, 6) is 0.658. The van der Waals surface area contributed by atoms with Gasteiger partial charge in [-0.3, -0.25) is 9.89 Å². The molecule has 0 bridgehead atoms. The van der Waals surface area contributed by atoms with Crippen LogP contribution >= 0.6 is 0 Å². The molecule has 0 unspecified atom stereocenters. The van der Waals surface area contributed by atoms with Crippen LogP contribution in [0.3, 0.4) is 0 Å². The minimum Gasteiger partial charge on any atom is -0.379 e. The summed E-state index contributed by atoms with van der Waals surface area (Å²) >= 11 is 0. The highest BCUT2D eigenvalue weighted by molar-refractivity contribution is 5.79. The molecule has 0 aliphatic carbocycles. The zero-order valence-corrected chi connectivity index (χ0v) is 15.0. The fraction of sp³-hybridized carbons (Fsp3) is 0.938. The largest absolute Gasteiger partial charge is 0.389 e. The van der Waals surface area contributed by atoms with Crippen molar-refractivity contribution in [3.05, 3.63) is 0 Å². The first kappa shape index (κ1) is 21.0. The van der Waals surface area contributed by atoms with E-state index < -0.39 is 12.6 Å². The standard InChI is InChI=1S/C16H31F3N4O/c1-4-20-14(21-8-6-5-7-16(17,18)19)22-13-15(2,3)23-9-11-24-12-10-23/h4-13H2,1-3H3,(H2,20,21,22). The first-order valence-corrected chi connectivity index (χ1v) is 8.66. The van der Waals surface area contributed by atoms with Crippen molar-refractivity contribution < 1.29 is 17.9 Å². The van der Waals surface area contributed by atoms with Gasteiger partial charge in [0.15, 0.2) is 5.96 Å². The molecule has 24 heavy (non-hydrogen) atoms. The highest BCUT2D eigenvalue weighted by Crippen LogP contribution is 2.21. The Hall–Kier alpha value is -1.02. The predicted octanol–water partition coefficient (Wildman–Crippen LogP) is 2.38. The van der Waals surface area contributed by atoms with Gasteiger partial charge in [-0.2, -0.15) is 13.2 Å². The lowest BCUT2D eigenvalue weighted by molar-refractivity contribution is -0.135. The summed E-state index contributed by atoms with van der Waals surface area (Å²) in [5, 5.41) is 6.25. The summed E-state index contributed by atoms with van der Waals surface area (Å²) in [5.41, 5.74) is -0.0809. The Morgan fingerprint density at radius 1 is 1.12 bits per heavy atom. The number of alkyl halides is 3. The van der Waals surface area contributed by atoms with Gasteiger partial charge >= 0.3 is 6.18 Å². The van der Waals surface area contributed by atoms with Gasteiger partial charge in [0.25, 0.3) is 0 Å². The van der Waals surface area contributed by atoms with E-state index in [9.17, 15) is 13.2 Å². The van der Waals surface area contributed by atoms with E-state index in [-0.39, 0.29) is 12.0 Å². The van der Waals surface area contributed by atoms with Crippen molar-refractivity contribution >= 4 is 5.96 Å². The number of ether oxygens (including phenoxy) is 1. The zero-order valence-electron chi connectivity index (χ0n) is 15.0. The average molecular weight is 352 g/mol. The molecule has 8 heteroatoms. The third-order valence-electron chi connectivity index (χ3n) is 4.01. The molecule has 1 rings (SSSR count). The summed E-state index contributed by atoms with van der Waals surface area (Å²) in [6.45, 7) is 11.3. The van der Waals surface area contributed by atoms with Gasteiger partial charge in [-0.05, 0) is 33.6 Å². The van der Waals surface area contributed by atoms with Crippen LogP contribution in [0.15, 0.2) is 4.99 Å². The van der Waals surface area contributed by atoms with Crippen LogP contribution in [0.1, 0.15) is 40.0 Å². The Kier molecular flexibility index (Phi) is 8.83.